The molecule has 0 atom stereocenters. The van der Waals surface area contributed by atoms with Crippen LogP contribution in [-0.2, 0) is 6.54 Å². The van der Waals surface area contributed by atoms with Crippen LogP contribution in [0.3, 0.4) is 0 Å². The average molecular weight is 276 g/mol. The van der Waals surface area contributed by atoms with E-state index in [2.05, 4.69) is 11.9 Å². The molecule has 0 aliphatic rings. The van der Waals surface area contributed by atoms with Crippen molar-refractivity contribution in [2.45, 2.75) is 20.4 Å². The number of benzene rings is 1. The predicted molar refractivity (Wildman–Crippen MR) is 76.8 cm³/mol. The van der Waals surface area contributed by atoms with Crippen molar-refractivity contribution in [3.8, 4) is 0 Å². The second-order valence-corrected chi connectivity index (χ2v) is 6.56. The van der Waals surface area contributed by atoms with E-state index < -0.39 is 0 Å². The fraction of sp³-hybridized carbons (Fsp3) is 0.231. The van der Waals surface area contributed by atoms with E-state index in [9.17, 15) is 4.79 Å². The Morgan fingerprint density at radius 1 is 1.22 bits per heavy atom. The van der Waals surface area contributed by atoms with Gasteiger partial charge in [-0.2, -0.15) is 0 Å². The van der Waals surface area contributed by atoms with Crippen LogP contribution >= 0.6 is 22.7 Å². The van der Waals surface area contributed by atoms with Crippen LogP contribution in [0, 0.1) is 13.8 Å². The van der Waals surface area contributed by atoms with E-state index >= 15 is 0 Å². The molecule has 2 aromatic heterocycles. The predicted octanol–water partition coefficient (Wildman–Crippen LogP) is 3.18. The Bertz CT molecular complexity index is 767. The van der Waals surface area contributed by atoms with E-state index in [0.717, 1.165) is 20.9 Å². The summed E-state index contributed by atoms with van der Waals surface area (Å²) in [7, 11) is 0. The first kappa shape index (κ1) is 11.6. The van der Waals surface area contributed by atoms with Gasteiger partial charge in [0.05, 0.1) is 27.5 Å². The van der Waals surface area contributed by atoms with E-state index in [-0.39, 0.29) is 4.87 Å². The van der Waals surface area contributed by atoms with Gasteiger partial charge < -0.3 is 0 Å². The zero-order valence-electron chi connectivity index (χ0n) is 10.1. The Kier molecular flexibility index (Phi) is 2.80. The third-order valence-corrected chi connectivity index (χ3v) is 4.77. The van der Waals surface area contributed by atoms with Crippen LogP contribution in [0.2, 0.25) is 0 Å². The van der Waals surface area contributed by atoms with E-state index in [1.54, 1.807) is 11.3 Å². The van der Waals surface area contributed by atoms with Crippen molar-refractivity contribution in [3.63, 3.8) is 0 Å². The largest absolute Gasteiger partial charge is 0.308 e. The molecular formula is C13H12N2OS2. The summed E-state index contributed by atoms with van der Waals surface area (Å²) in [5.41, 5.74) is 2.00. The standard InChI is InChI=1S/C13H12N2OS2/c1-8-10(14-9(2)17-8)7-15-11-5-3-4-6-12(11)18-13(15)16/h3-6H,7H2,1-2H3. The van der Waals surface area contributed by atoms with Gasteiger partial charge in [-0.25, -0.2) is 4.98 Å². The molecule has 18 heavy (non-hydrogen) atoms. The maximum absolute atomic E-state index is 12.0. The highest BCUT2D eigenvalue weighted by molar-refractivity contribution is 7.16. The highest BCUT2D eigenvalue weighted by Gasteiger charge is 2.11. The molecule has 0 N–H and O–H groups in total. The molecule has 0 saturated heterocycles. The molecule has 0 spiro atoms. The first-order valence-electron chi connectivity index (χ1n) is 5.66. The van der Waals surface area contributed by atoms with Gasteiger partial charge in [-0.1, -0.05) is 23.5 Å². The number of fused-ring (bicyclic) bond motifs is 1. The molecule has 0 bridgehead atoms. The molecule has 0 aliphatic carbocycles. The van der Waals surface area contributed by atoms with Gasteiger partial charge in [0.1, 0.15) is 0 Å². The van der Waals surface area contributed by atoms with Crippen molar-refractivity contribution in [2.75, 3.05) is 0 Å². The minimum atomic E-state index is 0.0845. The zero-order valence-corrected chi connectivity index (χ0v) is 11.8. The number of para-hydroxylation sites is 1. The van der Waals surface area contributed by atoms with E-state index in [1.807, 2.05) is 35.8 Å². The third-order valence-electron chi connectivity index (χ3n) is 2.88. The molecule has 3 rings (SSSR count). The summed E-state index contributed by atoms with van der Waals surface area (Å²) in [6.45, 7) is 4.62. The van der Waals surface area contributed by atoms with Crippen LogP contribution < -0.4 is 4.87 Å². The second-order valence-electron chi connectivity index (χ2n) is 4.16. The van der Waals surface area contributed by atoms with Crippen LogP contribution in [0.4, 0.5) is 0 Å². The van der Waals surface area contributed by atoms with E-state index in [4.69, 9.17) is 0 Å². The number of aryl methyl sites for hydroxylation is 2. The summed E-state index contributed by atoms with van der Waals surface area (Å²) in [4.78, 5) is 17.8. The minimum absolute atomic E-state index is 0.0845. The van der Waals surface area contributed by atoms with Crippen molar-refractivity contribution >= 4 is 32.9 Å². The molecule has 0 fully saturated rings. The van der Waals surface area contributed by atoms with Crippen LogP contribution in [-0.4, -0.2) is 9.55 Å². The van der Waals surface area contributed by atoms with Gasteiger partial charge in [0.15, 0.2) is 0 Å². The number of rotatable bonds is 2. The number of thiazole rings is 2. The molecule has 3 aromatic rings. The van der Waals surface area contributed by atoms with Crippen molar-refractivity contribution in [2.24, 2.45) is 0 Å². The van der Waals surface area contributed by atoms with E-state index in [1.165, 1.54) is 16.2 Å². The lowest BCUT2D eigenvalue weighted by Crippen LogP contribution is -2.14. The third kappa shape index (κ3) is 1.89. The molecule has 1 aromatic carbocycles. The van der Waals surface area contributed by atoms with Crippen molar-refractivity contribution < 1.29 is 0 Å². The highest BCUT2D eigenvalue weighted by Crippen LogP contribution is 2.21. The van der Waals surface area contributed by atoms with Gasteiger partial charge >= 0.3 is 4.87 Å². The average Bonchev–Trinajstić information content (AvgIpc) is 2.81. The summed E-state index contributed by atoms with van der Waals surface area (Å²) in [5, 5.41) is 1.05. The molecule has 0 amide bonds. The normalized spacial score (nSPS) is 11.2. The lowest BCUT2D eigenvalue weighted by molar-refractivity contribution is 0.788. The lowest BCUT2D eigenvalue weighted by atomic mass is 10.3. The maximum atomic E-state index is 12.0. The van der Waals surface area contributed by atoms with Crippen molar-refractivity contribution in [3.05, 3.63) is 49.5 Å². The number of nitrogens with zero attached hydrogens (tertiary/aromatic N) is 2. The van der Waals surface area contributed by atoms with Gasteiger partial charge in [-0.3, -0.25) is 9.36 Å². The summed E-state index contributed by atoms with van der Waals surface area (Å²) in [6.07, 6.45) is 0. The Morgan fingerprint density at radius 3 is 2.72 bits per heavy atom. The van der Waals surface area contributed by atoms with Gasteiger partial charge in [-0.15, -0.1) is 11.3 Å². The van der Waals surface area contributed by atoms with Crippen molar-refractivity contribution in [1.29, 1.82) is 0 Å². The topological polar surface area (TPSA) is 34.9 Å². The van der Waals surface area contributed by atoms with Gasteiger partial charge in [0.2, 0.25) is 0 Å². The first-order chi connectivity index (χ1) is 8.65. The molecule has 0 saturated carbocycles. The fourth-order valence-corrected chi connectivity index (χ4v) is 3.75. The second kappa shape index (κ2) is 4.33. The molecule has 3 nitrogen and oxygen atoms in total. The SMILES string of the molecule is Cc1nc(Cn2c(=O)sc3ccccc32)c(C)s1. The van der Waals surface area contributed by atoms with Gasteiger partial charge in [0.25, 0.3) is 0 Å². The Hall–Kier alpha value is -1.46. The molecule has 5 heteroatoms. The number of aromatic nitrogens is 2. The molecule has 0 radical (unpaired) electrons. The van der Waals surface area contributed by atoms with Crippen LogP contribution in [0.15, 0.2) is 29.1 Å². The van der Waals surface area contributed by atoms with E-state index in [0.29, 0.717) is 6.54 Å². The Morgan fingerprint density at radius 2 is 2.00 bits per heavy atom. The minimum Gasteiger partial charge on any atom is -0.293 e. The van der Waals surface area contributed by atoms with Crippen molar-refractivity contribution in [1.82, 2.24) is 9.55 Å². The maximum Gasteiger partial charge on any atom is 0.308 e. The summed E-state index contributed by atoms with van der Waals surface area (Å²) < 4.78 is 2.84. The van der Waals surface area contributed by atoms with Gasteiger partial charge in [0, 0.05) is 4.88 Å². The van der Waals surface area contributed by atoms with Gasteiger partial charge in [-0.05, 0) is 26.0 Å². The molecule has 0 aliphatic heterocycles. The smallest absolute Gasteiger partial charge is 0.293 e. The highest BCUT2D eigenvalue weighted by atomic mass is 32.1. The molecule has 92 valence electrons. The lowest BCUT2D eigenvalue weighted by Gasteiger charge is -2.01. The fourth-order valence-electron chi connectivity index (χ4n) is 2.03. The summed E-state index contributed by atoms with van der Waals surface area (Å²) in [6, 6.07) is 7.89. The summed E-state index contributed by atoms with van der Waals surface area (Å²) in [5.74, 6) is 0. The first-order valence-corrected chi connectivity index (χ1v) is 7.30. The monoisotopic (exact) mass is 276 g/mol. The Labute approximate surface area is 112 Å². The zero-order chi connectivity index (χ0) is 12.7. The number of hydrogen-bond acceptors (Lipinski definition) is 4. The quantitative estimate of drug-likeness (QED) is 0.720. The molecular weight excluding hydrogens is 264 g/mol. The Balaban J connectivity index is 2.12. The molecule has 0 unspecified atom stereocenters. The molecule has 2 heterocycles. The summed E-state index contributed by atoms with van der Waals surface area (Å²) >= 11 is 2.97. The van der Waals surface area contributed by atoms with Crippen LogP contribution in [0.25, 0.3) is 10.2 Å². The number of hydrogen-bond donors (Lipinski definition) is 0. The van der Waals surface area contributed by atoms with Crippen LogP contribution in [0.5, 0.6) is 0 Å². The van der Waals surface area contributed by atoms with Crippen LogP contribution in [0.1, 0.15) is 15.6 Å².